The molecule has 21 heavy (non-hydrogen) atoms. The molecule has 1 rings (SSSR count). The van der Waals surface area contributed by atoms with Crippen LogP contribution in [0.5, 0.6) is 0 Å². The summed E-state index contributed by atoms with van der Waals surface area (Å²) in [7, 11) is -3.45. The van der Waals surface area contributed by atoms with E-state index in [4.69, 9.17) is 0 Å². The maximum Gasteiger partial charge on any atom is 0.240 e. The molecular formula is C15H27N3O2S. The van der Waals surface area contributed by atoms with Gasteiger partial charge in [-0.05, 0) is 31.3 Å². The lowest BCUT2D eigenvalue weighted by Gasteiger charge is -2.18. The second-order valence-corrected chi connectivity index (χ2v) is 6.55. The molecule has 120 valence electrons. The molecule has 0 atom stereocenters. The molecule has 0 fully saturated rings. The second kappa shape index (κ2) is 9.15. The van der Waals surface area contributed by atoms with E-state index < -0.39 is 10.0 Å². The van der Waals surface area contributed by atoms with Gasteiger partial charge < -0.3 is 10.2 Å². The van der Waals surface area contributed by atoms with Crippen molar-refractivity contribution in [2.24, 2.45) is 0 Å². The van der Waals surface area contributed by atoms with Gasteiger partial charge in [0, 0.05) is 19.6 Å². The maximum absolute atomic E-state index is 12.4. The van der Waals surface area contributed by atoms with Gasteiger partial charge in [0.15, 0.2) is 0 Å². The van der Waals surface area contributed by atoms with Gasteiger partial charge in [0.05, 0.1) is 4.90 Å². The first-order valence-electron chi connectivity index (χ1n) is 7.55. The standard InChI is InChI=1S/C15H27N3O2S/c1-4-16-13-14-9-7-8-10-15(14)21(19,20)17-11-12-18(5-2)6-3/h7-10,16-17H,4-6,11-13H2,1-3H3. The van der Waals surface area contributed by atoms with Gasteiger partial charge in [0.1, 0.15) is 0 Å². The lowest BCUT2D eigenvalue weighted by Crippen LogP contribution is -2.35. The Kier molecular flexibility index (Phi) is 7.88. The lowest BCUT2D eigenvalue weighted by atomic mass is 10.2. The van der Waals surface area contributed by atoms with E-state index in [2.05, 4.69) is 28.8 Å². The van der Waals surface area contributed by atoms with E-state index in [0.717, 1.165) is 31.7 Å². The first-order valence-corrected chi connectivity index (χ1v) is 9.04. The van der Waals surface area contributed by atoms with E-state index >= 15 is 0 Å². The Hall–Kier alpha value is -0.950. The molecule has 0 saturated heterocycles. The molecule has 2 N–H and O–H groups in total. The summed E-state index contributed by atoms with van der Waals surface area (Å²) in [5.74, 6) is 0. The molecule has 5 nitrogen and oxygen atoms in total. The van der Waals surface area contributed by atoms with Gasteiger partial charge in [-0.1, -0.05) is 39.0 Å². The van der Waals surface area contributed by atoms with Crippen molar-refractivity contribution in [2.45, 2.75) is 32.2 Å². The van der Waals surface area contributed by atoms with Crippen LogP contribution < -0.4 is 10.0 Å². The molecule has 0 aromatic heterocycles. The molecule has 0 unspecified atom stereocenters. The van der Waals surface area contributed by atoms with E-state index in [1.165, 1.54) is 0 Å². The number of nitrogens with one attached hydrogen (secondary N) is 2. The first-order chi connectivity index (χ1) is 10.0. The number of hydrogen-bond acceptors (Lipinski definition) is 4. The molecule has 0 aliphatic carbocycles. The zero-order valence-corrected chi connectivity index (χ0v) is 14.0. The Morgan fingerprint density at radius 3 is 2.38 bits per heavy atom. The van der Waals surface area contributed by atoms with Crippen LogP contribution in [0, 0.1) is 0 Å². The van der Waals surface area contributed by atoms with Gasteiger partial charge in [0.25, 0.3) is 0 Å². The highest BCUT2D eigenvalue weighted by Gasteiger charge is 2.17. The van der Waals surface area contributed by atoms with Crippen LogP contribution in [0.4, 0.5) is 0 Å². The van der Waals surface area contributed by atoms with Gasteiger partial charge in [-0.2, -0.15) is 0 Å². The van der Waals surface area contributed by atoms with Crippen molar-refractivity contribution in [2.75, 3.05) is 32.7 Å². The third kappa shape index (κ3) is 5.74. The third-order valence-electron chi connectivity index (χ3n) is 3.44. The molecule has 1 aromatic carbocycles. The van der Waals surface area contributed by atoms with Crippen LogP contribution in [0.15, 0.2) is 29.2 Å². The maximum atomic E-state index is 12.4. The zero-order chi connectivity index (χ0) is 15.7. The number of benzene rings is 1. The number of rotatable bonds is 10. The molecule has 0 radical (unpaired) electrons. The smallest absolute Gasteiger partial charge is 0.240 e. The second-order valence-electron chi connectivity index (χ2n) is 4.81. The van der Waals surface area contributed by atoms with E-state index in [-0.39, 0.29) is 0 Å². The average Bonchev–Trinajstić information content (AvgIpc) is 2.49. The van der Waals surface area contributed by atoms with Crippen LogP contribution in [0.1, 0.15) is 26.3 Å². The predicted octanol–water partition coefficient (Wildman–Crippen LogP) is 1.42. The van der Waals surface area contributed by atoms with Crippen LogP contribution in [-0.2, 0) is 16.6 Å². The van der Waals surface area contributed by atoms with E-state index in [0.29, 0.717) is 18.0 Å². The highest BCUT2D eigenvalue weighted by Crippen LogP contribution is 2.14. The molecule has 0 saturated carbocycles. The number of sulfonamides is 1. The summed E-state index contributed by atoms with van der Waals surface area (Å²) in [6.07, 6.45) is 0. The van der Waals surface area contributed by atoms with Gasteiger partial charge in [0.2, 0.25) is 10.0 Å². The van der Waals surface area contributed by atoms with Gasteiger partial charge >= 0.3 is 0 Å². The summed E-state index contributed by atoms with van der Waals surface area (Å²) < 4.78 is 27.5. The average molecular weight is 313 g/mol. The monoisotopic (exact) mass is 313 g/mol. The van der Waals surface area contributed by atoms with Crippen molar-refractivity contribution in [1.82, 2.24) is 14.9 Å². The molecular weight excluding hydrogens is 286 g/mol. The summed E-state index contributed by atoms with van der Waals surface area (Å²) in [5.41, 5.74) is 0.801. The minimum absolute atomic E-state index is 0.366. The van der Waals surface area contributed by atoms with E-state index in [9.17, 15) is 8.42 Å². The van der Waals surface area contributed by atoms with Crippen LogP contribution in [0.25, 0.3) is 0 Å². The van der Waals surface area contributed by atoms with E-state index in [1.807, 2.05) is 19.1 Å². The lowest BCUT2D eigenvalue weighted by molar-refractivity contribution is 0.309. The molecule has 0 aliphatic heterocycles. The normalized spacial score (nSPS) is 12.0. The van der Waals surface area contributed by atoms with Gasteiger partial charge in [-0.15, -0.1) is 0 Å². The summed E-state index contributed by atoms with van der Waals surface area (Å²) >= 11 is 0. The molecule has 0 aliphatic rings. The van der Waals surface area contributed by atoms with Gasteiger partial charge in [-0.3, -0.25) is 0 Å². The minimum atomic E-state index is -3.45. The fourth-order valence-electron chi connectivity index (χ4n) is 2.13. The Morgan fingerprint density at radius 2 is 1.76 bits per heavy atom. The van der Waals surface area contributed by atoms with Gasteiger partial charge in [-0.25, -0.2) is 13.1 Å². The van der Waals surface area contributed by atoms with Crippen molar-refractivity contribution in [1.29, 1.82) is 0 Å². The van der Waals surface area contributed by atoms with Crippen molar-refractivity contribution < 1.29 is 8.42 Å². The largest absolute Gasteiger partial charge is 0.313 e. The number of likely N-dealkylation sites (N-methyl/N-ethyl adjacent to an activating group) is 1. The molecule has 0 amide bonds. The summed E-state index contributed by atoms with van der Waals surface area (Å²) in [6.45, 7) is 10.5. The summed E-state index contributed by atoms with van der Waals surface area (Å²) in [4.78, 5) is 2.55. The predicted molar refractivity (Wildman–Crippen MR) is 86.8 cm³/mol. The van der Waals surface area contributed by atoms with Crippen LogP contribution in [0.2, 0.25) is 0 Å². The van der Waals surface area contributed by atoms with E-state index in [1.54, 1.807) is 12.1 Å². The highest BCUT2D eigenvalue weighted by molar-refractivity contribution is 7.89. The summed E-state index contributed by atoms with van der Waals surface area (Å²) in [6, 6.07) is 7.13. The van der Waals surface area contributed by atoms with Crippen molar-refractivity contribution in [3.05, 3.63) is 29.8 Å². The Bertz CT molecular complexity index is 513. The number of nitrogens with zero attached hydrogens (tertiary/aromatic N) is 1. The third-order valence-corrected chi connectivity index (χ3v) is 5.00. The molecule has 0 spiro atoms. The quantitative estimate of drug-likeness (QED) is 0.686. The van der Waals surface area contributed by atoms with Crippen LogP contribution in [-0.4, -0.2) is 46.0 Å². The van der Waals surface area contributed by atoms with Crippen LogP contribution >= 0.6 is 0 Å². The van der Waals surface area contributed by atoms with Crippen LogP contribution in [0.3, 0.4) is 0 Å². The SMILES string of the molecule is CCNCc1ccccc1S(=O)(=O)NCCN(CC)CC. The highest BCUT2D eigenvalue weighted by atomic mass is 32.2. The zero-order valence-electron chi connectivity index (χ0n) is 13.2. The van der Waals surface area contributed by atoms with Crippen molar-refractivity contribution >= 4 is 10.0 Å². The van der Waals surface area contributed by atoms with Crippen molar-refractivity contribution in [3.8, 4) is 0 Å². The fourth-order valence-corrected chi connectivity index (χ4v) is 3.39. The topological polar surface area (TPSA) is 61.4 Å². The molecule has 0 heterocycles. The summed E-state index contributed by atoms with van der Waals surface area (Å²) in [5, 5.41) is 3.17. The molecule has 6 heteroatoms. The molecule has 1 aromatic rings. The fraction of sp³-hybridized carbons (Fsp3) is 0.600. The molecule has 0 bridgehead atoms. The minimum Gasteiger partial charge on any atom is -0.313 e. The first kappa shape index (κ1) is 18.1. The Labute approximate surface area is 128 Å². The Morgan fingerprint density at radius 1 is 1.10 bits per heavy atom. The Balaban J connectivity index is 2.74. The van der Waals surface area contributed by atoms with Crippen molar-refractivity contribution in [3.63, 3.8) is 0 Å². The number of hydrogen-bond donors (Lipinski definition) is 2.